The molecule has 0 aromatic rings. The zero-order valence-electron chi connectivity index (χ0n) is 10.9. The summed E-state index contributed by atoms with van der Waals surface area (Å²) in [7, 11) is 0. The van der Waals surface area contributed by atoms with Crippen molar-refractivity contribution in [2.45, 2.75) is 51.1 Å². The standard InChI is InChI=1S/C13H21BrN2O2/c1-10-5-2-3-7-15(10)13(18)11-6-4-8-16(11)12(17)9-14/h10-11H,2-9H2,1H3. The predicted molar refractivity (Wildman–Crippen MR) is 73.6 cm³/mol. The van der Waals surface area contributed by atoms with Gasteiger partial charge in [0, 0.05) is 19.1 Å². The van der Waals surface area contributed by atoms with Gasteiger partial charge in [0.15, 0.2) is 0 Å². The van der Waals surface area contributed by atoms with E-state index in [0.717, 1.165) is 38.8 Å². The Balaban J connectivity index is 2.05. The number of piperidine rings is 1. The largest absolute Gasteiger partial charge is 0.338 e. The van der Waals surface area contributed by atoms with E-state index in [2.05, 4.69) is 22.9 Å². The van der Waals surface area contributed by atoms with E-state index in [1.54, 1.807) is 4.90 Å². The van der Waals surface area contributed by atoms with Gasteiger partial charge < -0.3 is 9.80 Å². The Morgan fingerprint density at radius 3 is 2.50 bits per heavy atom. The lowest BCUT2D eigenvalue weighted by Crippen LogP contribution is -2.52. The zero-order chi connectivity index (χ0) is 13.1. The third kappa shape index (κ3) is 2.71. The number of carbonyl (C=O) groups is 2. The van der Waals surface area contributed by atoms with Crippen LogP contribution >= 0.6 is 15.9 Å². The summed E-state index contributed by atoms with van der Waals surface area (Å²) < 4.78 is 0. The molecule has 2 atom stereocenters. The molecule has 2 fully saturated rings. The van der Waals surface area contributed by atoms with Gasteiger partial charge in [-0.05, 0) is 39.0 Å². The van der Waals surface area contributed by atoms with Gasteiger partial charge in [-0.2, -0.15) is 0 Å². The van der Waals surface area contributed by atoms with E-state index in [1.165, 1.54) is 6.42 Å². The Bertz CT molecular complexity index is 335. The zero-order valence-corrected chi connectivity index (χ0v) is 12.5. The minimum absolute atomic E-state index is 0.0375. The summed E-state index contributed by atoms with van der Waals surface area (Å²) in [5.74, 6) is 0.199. The van der Waals surface area contributed by atoms with E-state index in [4.69, 9.17) is 0 Å². The molecule has 2 aliphatic heterocycles. The monoisotopic (exact) mass is 316 g/mol. The van der Waals surface area contributed by atoms with Gasteiger partial charge in [0.05, 0.1) is 5.33 Å². The molecule has 2 unspecified atom stereocenters. The first-order chi connectivity index (χ1) is 8.65. The highest BCUT2D eigenvalue weighted by atomic mass is 79.9. The smallest absolute Gasteiger partial charge is 0.245 e. The van der Waals surface area contributed by atoms with Crippen molar-refractivity contribution in [2.75, 3.05) is 18.4 Å². The minimum atomic E-state index is -0.212. The summed E-state index contributed by atoms with van der Waals surface area (Å²) in [5.41, 5.74) is 0. The SMILES string of the molecule is CC1CCCCN1C(=O)C1CCCN1C(=O)CBr. The van der Waals surface area contributed by atoms with Crippen molar-refractivity contribution in [3.8, 4) is 0 Å². The molecule has 4 nitrogen and oxygen atoms in total. The van der Waals surface area contributed by atoms with Crippen LogP contribution in [0.3, 0.4) is 0 Å². The Morgan fingerprint density at radius 2 is 1.83 bits per heavy atom. The fourth-order valence-electron chi connectivity index (χ4n) is 3.02. The molecule has 0 N–H and O–H groups in total. The molecule has 0 bridgehead atoms. The van der Waals surface area contributed by atoms with Crippen molar-refractivity contribution in [1.82, 2.24) is 9.80 Å². The Morgan fingerprint density at radius 1 is 1.11 bits per heavy atom. The van der Waals surface area contributed by atoms with Gasteiger partial charge in [-0.15, -0.1) is 0 Å². The first-order valence-corrected chi connectivity index (χ1v) is 7.93. The van der Waals surface area contributed by atoms with Gasteiger partial charge in [-0.3, -0.25) is 9.59 Å². The van der Waals surface area contributed by atoms with Crippen LogP contribution in [0.1, 0.15) is 39.0 Å². The van der Waals surface area contributed by atoms with E-state index in [-0.39, 0.29) is 17.9 Å². The maximum Gasteiger partial charge on any atom is 0.245 e. The fourth-order valence-corrected chi connectivity index (χ4v) is 3.34. The number of rotatable bonds is 2. The molecular formula is C13H21BrN2O2. The summed E-state index contributed by atoms with van der Waals surface area (Å²) in [6.07, 6.45) is 5.15. The summed E-state index contributed by atoms with van der Waals surface area (Å²) >= 11 is 3.19. The quantitative estimate of drug-likeness (QED) is 0.729. The number of likely N-dealkylation sites (tertiary alicyclic amines) is 2. The highest BCUT2D eigenvalue weighted by Crippen LogP contribution is 2.24. The molecule has 2 heterocycles. The van der Waals surface area contributed by atoms with Crippen LogP contribution in [0.5, 0.6) is 0 Å². The van der Waals surface area contributed by atoms with Crippen molar-refractivity contribution in [3.05, 3.63) is 0 Å². The lowest BCUT2D eigenvalue weighted by atomic mass is 10.0. The first kappa shape index (κ1) is 13.8. The molecule has 102 valence electrons. The van der Waals surface area contributed by atoms with Gasteiger partial charge in [-0.25, -0.2) is 0 Å². The normalized spacial score (nSPS) is 28.6. The van der Waals surface area contributed by atoms with Crippen molar-refractivity contribution < 1.29 is 9.59 Å². The van der Waals surface area contributed by atoms with Gasteiger partial charge in [-0.1, -0.05) is 15.9 Å². The van der Waals surface area contributed by atoms with Crippen molar-refractivity contribution in [2.24, 2.45) is 0 Å². The number of hydrogen-bond donors (Lipinski definition) is 0. The van der Waals surface area contributed by atoms with Gasteiger partial charge in [0.1, 0.15) is 6.04 Å². The van der Waals surface area contributed by atoms with Gasteiger partial charge in [0.25, 0.3) is 0 Å². The third-order valence-electron chi connectivity index (χ3n) is 4.06. The van der Waals surface area contributed by atoms with Crippen LogP contribution in [0.15, 0.2) is 0 Å². The van der Waals surface area contributed by atoms with Crippen molar-refractivity contribution >= 4 is 27.7 Å². The second-order valence-corrected chi connectivity index (χ2v) is 5.82. The number of halogens is 1. The van der Waals surface area contributed by atoms with E-state index >= 15 is 0 Å². The van der Waals surface area contributed by atoms with Crippen molar-refractivity contribution in [1.29, 1.82) is 0 Å². The fraction of sp³-hybridized carbons (Fsp3) is 0.846. The number of amides is 2. The van der Waals surface area contributed by atoms with Crippen LogP contribution in [-0.4, -0.2) is 52.1 Å². The summed E-state index contributed by atoms with van der Waals surface area (Å²) in [6.45, 7) is 3.69. The molecule has 2 amide bonds. The van der Waals surface area contributed by atoms with Crippen LogP contribution in [0.25, 0.3) is 0 Å². The van der Waals surface area contributed by atoms with Crippen LogP contribution in [0.2, 0.25) is 0 Å². The highest BCUT2D eigenvalue weighted by Gasteiger charge is 2.37. The molecule has 0 aliphatic carbocycles. The molecule has 5 heteroatoms. The maximum absolute atomic E-state index is 12.6. The van der Waals surface area contributed by atoms with E-state index in [0.29, 0.717) is 11.4 Å². The van der Waals surface area contributed by atoms with Crippen LogP contribution in [-0.2, 0) is 9.59 Å². The summed E-state index contributed by atoms with van der Waals surface area (Å²) in [5, 5.41) is 0.312. The predicted octanol–water partition coefficient (Wildman–Crippen LogP) is 1.77. The molecule has 0 aromatic heterocycles. The van der Waals surface area contributed by atoms with Crippen LogP contribution < -0.4 is 0 Å². The Labute approximate surface area is 117 Å². The molecule has 2 rings (SSSR count). The second-order valence-electron chi connectivity index (χ2n) is 5.26. The molecule has 0 radical (unpaired) electrons. The van der Waals surface area contributed by atoms with E-state index in [1.807, 2.05) is 4.90 Å². The topological polar surface area (TPSA) is 40.6 Å². The average Bonchev–Trinajstić information content (AvgIpc) is 2.86. The molecule has 0 saturated carbocycles. The van der Waals surface area contributed by atoms with Crippen LogP contribution in [0, 0.1) is 0 Å². The molecule has 2 aliphatic rings. The number of nitrogens with zero attached hydrogens (tertiary/aromatic N) is 2. The summed E-state index contributed by atoms with van der Waals surface area (Å²) in [4.78, 5) is 28.1. The van der Waals surface area contributed by atoms with Gasteiger partial charge in [0.2, 0.25) is 11.8 Å². The maximum atomic E-state index is 12.6. The number of carbonyl (C=O) groups excluding carboxylic acids is 2. The average molecular weight is 317 g/mol. The molecule has 2 saturated heterocycles. The third-order valence-corrected chi connectivity index (χ3v) is 4.54. The molecular weight excluding hydrogens is 296 g/mol. The molecule has 0 aromatic carbocycles. The van der Waals surface area contributed by atoms with Crippen molar-refractivity contribution in [3.63, 3.8) is 0 Å². The van der Waals surface area contributed by atoms with E-state index in [9.17, 15) is 9.59 Å². The highest BCUT2D eigenvalue weighted by molar-refractivity contribution is 9.09. The second kappa shape index (κ2) is 6.04. The van der Waals surface area contributed by atoms with Crippen LogP contribution in [0.4, 0.5) is 0 Å². The Hall–Kier alpha value is -0.580. The number of hydrogen-bond acceptors (Lipinski definition) is 2. The Kier molecular flexibility index (Phi) is 4.65. The summed E-state index contributed by atoms with van der Waals surface area (Å²) in [6, 6.07) is 0.114. The number of alkyl halides is 1. The minimum Gasteiger partial charge on any atom is -0.338 e. The first-order valence-electron chi connectivity index (χ1n) is 6.81. The van der Waals surface area contributed by atoms with E-state index < -0.39 is 0 Å². The lowest BCUT2D eigenvalue weighted by Gasteiger charge is -2.37. The molecule has 18 heavy (non-hydrogen) atoms. The van der Waals surface area contributed by atoms with Gasteiger partial charge >= 0.3 is 0 Å². The molecule has 0 spiro atoms. The lowest BCUT2D eigenvalue weighted by molar-refractivity contribution is -0.144.